The Labute approximate surface area is 84.3 Å². The van der Waals surface area contributed by atoms with Gasteiger partial charge in [0.1, 0.15) is 0 Å². The van der Waals surface area contributed by atoms with Crippen LogP contribution in [0.15, 0.2) is 6.07 Å². The van der Waals surface area contributed by atoms with Gasteiger partial charge in [-0.1, -0.05) is 6.92 Å². The zero-order valence-electron chi connectivity index (χ0n) is 8.79. The third-order valence-electron chi connectivity index (χ3n) is 2.60. The first-order chi connectivity index (χ1) is 6.79. The summed E-state index contributed by atoms with van der Waals surface area (Å²) in [5.74, 6) is 0. The van der Waals surface area contributed by atoms with E-state index in [1.807, 2.05) is 11.7 Å². The van der Waals surface area contributed by atoms with Gasteiger partial charge < -0.3 is 10.1 Å². The van der Waals surface area contributed by atoms with Crippen LogP contribution in [0.1, 0.15) is 18.3 Å². The van der Waals surface area contributed by atoms with Crippen LogP contribution in [0.25, 0.3) is 0 Å². The van der Waals surface area contributed by atoms with Crippen LogP contribution in [-0.4, -0.2) is 29.0 Å². The molecule has 0 radical (unpaired) electrons. The van der Waals surface area contributed by atoms with Gasteiger partial charge in [0.05, 0.1) is 30.6 Å². The average molecular weight is 195 g/mol. The van der Waals surface area contributed by atoms with Crippen molar-refractivity contribution in [1.29, 1.82) is 0 Å². The molecule has 14 heavy (non-hydrogen) atoms. The molecule has 0 saturated carbocycles. The molecule has 0 amide bonds. The van der Waals surface area contributed by atoms with E-state index in [1.54, 1.807) is 0 Å². The second kappa shape index (κ2) is 4.11. The number of aryl methyl sites for hydroxylation is 2. The van der Waals surface area contributed by atoms with E-state index >= 15 is 0 Å². The van der Waals surface area contributed by atoms with Gasteiger partial charge in [-0.2, -0.15) is 5.10 Å². The molecule has 0 atom stereocenters. The van der Waals surface area contributed by atoms with Gasteiger partial charge in [-0.05, 0) is 12.5 Å². The van der Waals surface area contributed by atoms with E-state index in [9.17, 15) is 0 Å². The van der Waals surface area contributed by atoms with Crippen molar-refractivity contribution in [2.75, 3.05) is 13.2 Å². The Morgan fingerprint density at radius 3 is 2.93 bits per heavy atom. The monoisotopic (exact) mass is 195 g/mol. The lowest BCUT2D eigenvalue weighted by atomic mass is 10.2. The third kappa shape index (κ3) is 1.96. The molecule has 4 nitrogen and oxygen atoms in total. The molecule has 4 heteroatoms. The van der Waals surface area contributed by atoms with Crippen LogP contribution in [0.3, 0.4) is 0 Å². The van der Waals surface area contributed by atoms with E-state index in [1.165, 1.54) is 5.69 Å². The van der Waals surface area contributed by atoms with Crippen LogP contribution in [-0.2, 0) is 24.8 Å². The van der Waals surface area contributed by atoms with Crippen LogP contribution in [0, 0.1) is 0 Å². The minimum atomic E-state index is 0.537. The zero-order valence-corrected chi connectivity index (χ0v) is 8.79. The highest BCUT2D eigenvalue weighted by Crippen LogP contribution is 2.06. The van der Waals surface area contributed by atoms with Gasteiger partial charge in [0.15, 0.2) is 0 Å². The van der Waals surface area contributed by atoms with Gasteiger partial charge in [-0.3, -0.25) is 4.68 Å². The first-order valence-corrected chi connectivity index (χ1v) is 5.12. The predicted molar refractivity (Wildman–Crippen MR) is 54.0 cm³/mol. The summed E-state index contributed by atoms with van der Waals surface area (Å²) in [6.45, 7) is 4.70. The lowest BCUT2D eigenvalue weighted by Gasteiger charge is -2.26. The summed E-state index contributed by atoms with van der Waals surface area (Å²) < 4.78 is 7.04. The number of nitrogens with one attached hydrogen (secondary N) is 1. The molecule has 1 aliphatic rings. The van der Waals surface area contributed by atoms with Crippen molar-refractivity contribution in [2.45, 2.75) is 25.9 Å². The molecule has 0 aromatic carbocycles. The van der Waals surface area contributed by atoms with Crippen molar-refractivity contribution in [3.8, 4) is 0 Å². The van der Waals surface area contributed by atoms with Gasteiger partial charge in [-0.15, -0.1) is 0 Å². The molecule has 1 saturated heterocycles. The third-order valence-corrected chi connectivity index (χ3v) is 2.60. The Hall–Kier alpha value is -0.870. The number of ether oxygens (including phenoxy) is 1. The summed E-state index contributed by atoms with van der Waals surface area (Å²) in [7, 11) is 1.99. The highest BCUT2D eigenvalue weighted by molar-refractivity contribution is 5.10. The lowest BCUT2D eigenvalue weighted by molar-refractivity contribution is -0.00601. The largest absolute Gasteiger partial charge is 0.378 e. The van der Waals surface area contributed by atoms with Gasteiger partial charge in [-0.25, -0.2) is 0 Å². The van der Waals surface area contributed by atoms with Crippen LogP contribution < -0.4 is 5.32 Å². The van der Waals surface area contributed by atoms with Gasteiger partial charge >= 0.3 is 0 Å². The Morgan fingerprint density at radius 2 is 2.43 bits per heavy atom. The normalized spacial score (nSPS) is 17.0. The molecule has 1 aromatic rings. The number of rotatable bonds is 4. The molecule has 2 rings (SSSR count). The molecule has 2 heterocycles. The van der Waals surface area contributed by atoms with E-state index < -0.39 is 0 Å². The van der Waals surface area contributed by atoms with Crippen LogP contribution in [0.2, 0.25) is 0 Å². The van der Waals surface area contributed by atoms with Crippen molar-refractivity contribution in [1.82, 2.24) is 15.1 Å². The first-order valence-electron chi connectivity index (χ1n) is 5.12. The summed E-state index contributed by atoms with van der Waals surface area (Å²) in [5, 5.41) is 7.82. The molecule has 0 unspecified atom stereocenters. The molecule has 1 fully saturated rings. The maximum absolute atomic E-state index is 5.09. The summed E-state index contributed by atoms with van der Waals surface area (Å²) in [6.07, 6.45) is 1.00. The molecule has 1 N–H and O–H groups in total. The van der Waals surface area contributed by atoms with E-state index in [2.05, 4.69) is 23.4 Å². The molecule has 1 aliphatic heterocycles. The molecule has 78 valence electrons. The smallest absolute Gasteiger partial charge is 0.0643 e. The topological polar surface area (TPSA) is 39.1 Å². The van der Waals surface area contributed by atoms with E-state index in [0.29, 0.717) is 6.04 Å². The van der Waals surface area contributed by atoms with E-state index in [0.717, 1.165) is 31.9 Å². The minimum absolute atomic E-state index is 0.537. The van der Waals surface area contributed by atoms with Crippen molar-refractivity contribution in [2.24, 2.45) is 7.05 Å². The molecule has 0 spiro atoms. The molecule has 0 bridgehead atoms. The highest BCUT2D eigenvalue weighted by atomic mass is 16.5. The fourth-order valence-corrected chi connectivity index (χ4v) is 1.51. The molecular weight excluding hydrogens is 178 g/mol. The van der Waals surface area contributed by atoms with E-state index in [-0.39, 0.29) is 0 Å². The summed E-state index contributed by atoms with van der Waals surface area (Å²) in [6, 6.07) is 2.70. The number of aromatic nitrogens is 2. The van der Waals surface area contributed by atoms with E-state index in [4.69, 9.17) is 4.74 Å². The fraction of sp³-hybridized carbons (Fsp3) is 0.700. The molecule has 1 aromatic heterocycles. The minimum Gasteiger partial charge on any atom is -0.378 e. The Kier molecular flexibility index (Phi) is 2.84. The Bertz CT molecular complexity index is 304. The average Bonchev–Trinajstić information content (AvgIpc) is 2.45. The second-order valence-electron chi connectivity index (χ2n) is 3.72. The summed E-state index contributed by atoms with van der Waals surface area (Å²) >= 11 is 0. The standard InChI is InChI=1S/C10H17N3O/c1-3-8-4-10(13(2)12-8)5-11-9-6-14-7-9/h4,9,11H,3,5-7H2,1-2H3. The summed E-state index contributed by atoms with van der Waals surface area (Å²) in [5.41, 5.74) is 2.41. The maximum atomic E-state index is 5.09. The maximum Gasteiger partial charge on any atom is 0.0643 e. The SMILES string of the molecule is CCc1cc(CNC2COC2)n(C)n1. The van der Waals surface area contributed by atoms with Crippen LogP contribution >= 0.6 is 0 Å². The van der Waals surface area contributed by atoms with Crippen molar-refractivity contribution in [3.05, 3.63) is 17.5 Å². The predicted octanol–water partition coefficient (Wildman–Crippen LogP) is 0.471. The van der Waals surface area contributed by atoms with Gasteiger partial charge in [0.25, 0.3) is 0 Å². The van der Waals surface area contributed by atoms with Gasteiger partial charge in [0, 0.05) is 13.6 Å². The van der Waals surface area contributed by atoms with Crippen molar-refractivity contribution >= 4 is 0 Å². The highest BCUT2D eigenvalue weighted by Gasteiger charge is 2.17. The van der Waals surface area contributed by atoms with Crippen molar-refractivity contribution < 1.29 is 4.74 Å². The second-order valence-corrected chi connectivity index (χ2v) is 3.72. The van der Waals surface area contributed by atoms with Crippen LogP contribution in [0.4, 0.5) is 0 Å². The fourth-order valence-electron chi connectivity index (χ4n) is 1.51. The Morgan fingerprint density at radius 1 is 1.64 bits per heavy atom. The van der Waals surface area contributed by atoms with Crippen LogP contribution in [0.5, 0.6) is 0 Å². The molecule has 0 aliphatic carbocycles. The lowest BCUT2D eigenvalue weighted by Crippen LogP contribution is -2.45. The summed E-state index contributed by atoms with van der Waals surface area (Å²) in [4.78, 5) is 0. The number of nitrogens with zero attached hydrogens (tertiary/aromatic N) is 2. The Balaban J connectivity index is 1.90. The first kappa shape index (κ1) is 9.68. The van der Waals surface area contributed by atoms with Gasteiger partial charge in [0.2, 0.25) is 0 Å². The number of hydrogen-bond donors (Lipinski definition) is 1. The molecular formula is C10H17N3O. The number of hydrogen-bond acceptors (Lipinski definition) is 3. The van der Waals surface area contributed by atoms with Crippen molar-refractivity contribution in [3.63, 3.8) is 0 Å². The zero-order chi connectivity index (χ0) is 9.97. The quantitative estimate of drug-likeness (QED) is 0.759.